The van der Waals surface area contributed by atoms with E-state index in [1.54, 1.807) is 43.0 Å². The molecular weight excluding hydrogens is 392 g/mol. The van der Waals surface area contributed by atoms with Gasteiger partial charge in [0.2, 0.25) is 11.6 Å². The van der Waals surface area contributed by atoms with Crippen LogP contribution in [0.15, 0.2) is 41.6 Å². The number of hydrogen-bond donors (Lipinski definition) is 0. The molecule has 1 fully saturated rings. The number of nitriles is 1. The Labute approximate surface area is 170 Å². The van der Waals surface area contributed by atoms with Crippen LogP contribution in [0.25, 0.3) is 0 Å². The third kappa shape index (κ3) is 4.71. The maximum Gasteiger partial charge on any atom is 0.251 e. The van der Waals surface area contributed by atoms with Crippen molar-refractivity contribution in [3.63, 3.8) is 0 Å². The van der Waals surface area contributed by atoms with Crippen LogP contribution in [0.2, 0.25) is 0 Å². The van der Waals surface area contributed by atoms with E-state index >= 15 is 0 Å². The van der Waals surface area contributed by atoms with Crippen LogP contribution in [-0.4, -0.2) is 53.6 Å². The Morgan fingerprint density at radius 3 is 2.62 bits per heavy atom. The summed E-state index contributed by atoms with van der Waals surface area (Å²) in [5, 5.41) is 8.57. The van der Waals surface area contributed by atoms with Gasteiger partial charge in [0.05, 0.1) is 23.1 Å². The molecule has 9 heteroatoms. The average Bonchev–Trinajstić information content (AvgIpc) is 3.17. The first-order chi connectivity index (χ1) is 13.8. The minimum atomic E-state index is -3.33. The van der Waals surface area contributed by atoms with Crippen molar-refractivity contribution in [2.75, 3.05) is 13.1 Å². The van der Waals surface area contributed by atoms with E-state index in [0.29, 0.717) is 19.5 Å². The van der Waals surface area contributed by atoms with E-state index in [-0.39, 0.29) is 34.9 Å². The molecule has 1 saturated heterocycles. The van der Waals surface area contributed by atoms with Crippen molar-refractivity contribution in [3.05, 3.63) is 47.9 Å². The molecule has 0 saturated carbocycles. The van der Waals surface area contributed by atoms with Crippen LogP contribution in [0.4, 0.5) is 0 Å². The summed E-state index contributed by atoms with van der Waals surface area (Å²) in [4.78, 5) is 22.5. The zero-order chi connectivity index (χ0) is 21.0. The van der Waals surface area contributed by atoms with E-state index in [4.69, 9.17) is 10.00 Å². The lowest BCUT2D eigenvalue weighted by atomic mass is 10.1. The van der Waals surface area contributed by atoms with Gasteiger partial charge in [-0.15, -0.1) is 0 Å². The van der Waals surface area contributed by atoms with Crippen LogP contribution in [0, 0.1) is 11.3 Å². The number of carbonyl (C=O) groups excluding carboxylic acids is 1. The van der Waals surface area contributed by atoms with Gasteiger partial charge in [-0.05, 0) is 31.5 Å². The summed E-state index contributed by atoms with van der Waals surface area (Å²) in [6.45, 7) is 4.23. The van der Waals surface area contributed by atoms with E-state index in [1.165, 1.54) is 12.4 Å². The Bertz CT molecular complexity index is 1030. The maximum absolute atomic E-state index is 12.6. The van der Waals surface area contributed by atoms with Crippen molar-refractivity contribution in [3.8, 4) is 11.9 Å². The van der Waals surface area contributed by atoms with Crippen LogP contribution in [0.5, 0.6) is 5.88 Å². The molecule has 29 heavy (non-hydrogen) atoms. The van der Waals surface area contributed by atoms with Crippen molar-refractivity contribution in [1.29, 1.82) is 5.26 Å². The fraction of sp³-hybridized carbons (Fsp3) is 0.400. The first-order valence-corrected chi connectivity index (χ1v) is 10.8. The highest BCUT2D eigenvalue weighted by atomic mass is 32.2. The Kier molecular flexibility index (Phi) is 6.13. The standard InChI is InChI=1S/C20H22N4O4S/c1-14(2)29(26,27)17-5-3-15(4-6-17)11-19(25)24-10-7-16(13-24)28-20-18(12-21)22-8-9-23-20/h3-6,8-9,14,16H,7,10-11,13H2,1-2H3. The molecular formula is C20H22N4O4S. The lowest BCUT2D eigenvalue weighted by Crippen LogP contribution is -2.32. The van der Waals surface area contributed by atoms with Crippen molar-refractivity contribution in [2.24, 2.45) is 0 Å². The molecule has 1 aliphatic heterocycles. The molecule has 2 aromatic rings. The zero-order valence-electron chi connectivity index (χ0n) is 16.3. The van der Waals surface area contributed by atoms with Gasteiger partial charge in [0.25, 0.3) is 5.88 Å². The maximum atomic E-state index is 12.6. The fourth-order valence-corrected chi connectivity index (χ4v) is 4.11. The molecule has 3 rings (SSSR count). The zero-order valence-corrected chi connectivity index (χ0v) is 17.1. The number of nitrogens with zero attached hydrogens (tertiary/aromatic N) is 4. The summed E-state index contributed by atoms with van der Waals surface area (Å²) < 4.78 is 30.1. The quantitative estimate of drug-likeness (QED) is 0.707. The topological polar surface area (TPSA) is 113 Å². The van der Waals surface area contributed by atoms with E-state index in [1.807, 2.05) is 6.07 Å². The number of aromatic nitrogens is 2. The lowest BCUT2D eigenvalue weighted by Gasteiger charge is -2.17. The molecule has 1 atom stereocenters. The van der Waals surface area contributed by atoms with E-state index in [2.05, 4.69) is 9.97 Å². The summed E-state index contributed by atoms with van der Waals surface area (Å²) in [6, 6.07) is 8.38. The van der Waals surface area contributed by atoms with Crippen molar-refractivity contribution >= 4 is 15.7 Å². The number of rotatable bonds is 6. The van der Waals surface area contributed by atoms with Crippen molar-refractivity contribution in [2.45, 2.75) is 42.9 Å². The van der Waals surface area contributed by atoms with Crippen LogP contribution in [0.3, 0.4) is 0 Å². The molecule has 1 aliphatic rings. The predicted octanol–water partition coefficient (Wildman–Crippen LogP) is 1.75. The molecule has 1 unspecified atom stereocenters. The molecule has 1 amide bonds. The van der Waals surface area contributed by atoms with Crippen LogP contribution in [0.1, 0.15) is 31.5 Å². The number of benzene rings is 1. The van der Waals surface area contributed by atoms with Gasteiger partial charge in [0.15, 0.2) is 9.84 Å². The largest absolute Gasteiger partial charge is 0.470 e. The van der Waals surface area contributed by atoms with Gasteiger partial charge in [-0.1, -0.05) is 12.1 Å². The Morgan fingerprint density at radius 2 is 1.97 bits per heavy atom. The highest BCUT2D eigenvalue weighted by Crippen LogP contribution is 2.20. The second-order valence-electron chi connectivity index (χ2n) is 7.10. The highest BCUT2D eigenvalue weighted by Gasteiger charge is 2.28. The number of sulfone groups is 1. The minimum Gasteiger partial charge on any atom is -0.470 e. The van der Waals surface area contributed by atoms with Crippen LogP contribution < -0.4 is 4.74 Å². The second-order valence-corrected chi connectivity index (χ2v) is 9.61. The van der Waals surface area contributed by atoms with Crippen molar-refractivity contribution < 1.29 is 17.9 Å². The summed E-state index contributed by atoms with van der Waals surface area (Å²) >= 11 is 0. The molecule has 0 aliphatic carbocycles. The molecule has 1 aromatic heterocycles. The van der Waals surface area contributed by atoms with E-state index < -0.39 is 15.1 Å². The third-order valence-corrected chi connectivity index (χ3v) is 6.94. The summed E-state index contributed by atoms with van der Waals surface area (Å²) in [5.74, 6) is 0.117. The Morgan fingerprint density at radius 1 is 1.28 bits per heavy atom. The van der Waals surface area contributed by atoms with Crippen molar-refractivity contribution in [1.82, 2.24) is 14.9 Å². The summed E-state index contributed by atoms with van der Waals surface area (Å²) in [6.07, 6.45) is 3.45. The molecule has 152 valence electrons. The number of amides is 1. The van der Waals surface area contributed by atoms with Gasteiger partial charge < -0.3 is 9.64 Å². The van der Waals surface area contributed by atoms with Gasteiger partial charge in [0, 0.05) is 25.4 Å². The number of ether oxygens (including phenoxy) is 1. The molecule has 1 aromatic carbocycles. The molecule has 2 heterocycles. The van der Waals surface area contributed by atoms with E-state index in [0.717, 1.165) is 5.56 Å². The smallest absolute Gasteiger partial charge is 0.251 e. The molecule has 0 bridgehead atoms. The van der Waals surface area contributed by atoms with Crippen LogP contribution >= 0.6 is 0 Å². The first-order valence-electron chi connectivity index (χ1n) is 9.29. The van der Waals surface area contributed by atoms with Crippen LogP contribution in [-0.2, 0) is 21.1 Å². The number of hydrogen-bond acceptors (Lipinski definition) is 7. The lowest BCUT2D eigenvalue weighted by molar-refractivity contribution is -0.129. The van der Waals surface area contributed by atoms with Gasteiger partial charge in [-0.25, -0.2) is 18.4 Å². The summed E-state index contributed by atoms with van der Waals surface area (Å²) in [5.41, 5.74) is 0.872. The molecule has 0 spiro atoms. The third-order valence-electron chi connectivity index (χ3n) is 4.77. The molecule has 0 N–H and O–H groups in total. The number of likely N-dealkylation sites (tertiary alicyclic amines) is 1. The van der Waals surface area contributed by atoms with Gasteiger partial charge >= 0.3 is 0 Å². The molecule has 0 radical (unpaired) electrons. The van der Waals surface area contributed by atoms with Gasteiger partial charge in [0.1, 0.15) is 12.2 Å². The Hall–Kier alpha value is -2.99. The number of carbonyl (C=O) groups is 1. The summed E-state index contributed by atoms with van der Waals surface area (Å²) in [7, 11) is -3.33. The second kappa shape index (κ2) is 8.57. The average molecular weight is 414 g/mol. The SMILES string of the molecule is CC(C)S(=O)(=O)c1ccc(CC(=O)N2CCC(Oc3nccnc3C#N)C2)cc1. The van der Waals surface area contributed by atoms with Gasteiger partial charge in [-0.3, -0.25) is 4.79 Å². The highest BCUT2D eigenvalue weighted by molar-refractivity contribution is 7.92. The minimum absolute atomic E-state index is 0.0600. The van der Waals surface area contributed by atoms with E-state index in [9.17, 15) is 13.2 Å². The first kappa shape index (κ1) is 20.7. The fourth-order valence-electron chi connectivity index (χ4n) is 3.05. The molecule has 8 nitrogen and oxygen atoms in total. The monoisotopic (exact) mass is 414 g/mol. The normalized spacial score (nSPS) is 16.6. The Balaban J connectivity index is 1.59. The predicted molar refractivity (Wildman–Crippen MR) is 105 cm³/mol. The van der Waals surface area contributed by atoms with Gasteiger partial charge in [-0.2, -0.15) is 5.26 Å².